The maximum Gasteiger partial charge on any atom is 0.169 e. The number of aryl methyl sites for hydroxylation is 1. The van der Waals surface area contributed by atoms with E-state index in [0.29, 0.717) is 28.7 Å². The van der Waals surface area contributed by atoms with Crippen molar-refractivity contribution in [1.29, 1.82) is 0 Å². The zero-order chi connectivity index (χ0) is 14.9. The van der Waals surface area contributed by atoms with Gasteiger partial charge in [0, 0.05) is 35.6 Å². The molecule has 1 aromatic heterocycles. The Balaban J connectivity index is 2.45. The first-order valence-electron chi connectivity index (χ1n) is 6.11. The van der Waals surface area contributed by atoms with Crippen LogP contribution in [0.4, 0.5) is 5.82 Å². The van der Waals surface area contributed by atoms with Crippen molar-refractivity contribution in [1.82, 2.24) is 4.98 Å². The zero-order valence-corrected chi connectivity index (χ0v) is 13.8. The molecule has 2 rings (SSSR count). The third-order valence-corrected chi connectivity index (χ3v) is 5.98. The molecular weight excluding hydrogens is 314 g/mol. The lowest BCUT2D eigenvalue weighted by molar-refractivity contribution is 0.583. The fourth-order valence-corrected chi connectivity index (χ4v) is 5.08. The van der Waals surface area contributed by atoms with Crippen molar-refractivity contribution >= 4 is 44.6 Å². The Hall–Kier alpha value is -0.860. The minimum Gasteiger partial charge on any atom is -0.389 e. The average Bonchev–Trinajstić information content (AvgIpc) is 2.37. The molecule has 0 aromatic carbocycles. The SMILES string of the molecule is Cc1cc(C(N)=S)cc(N2CCSCC2S(C)(=O)=O)n1. The van der Waals surface area contributed by atoms with Gasteiger partial charge in [-0.25, -0.2) is 13.4 Å². The number of thiocarbonyl (C=S) groups is 1. The van der Waals surface area contributed by atoms with Crippen LogP contribution in [0.1, 0.15) is 11.3 Å². The molecule has 0 bridgehead atoms. The normalized spacial score (nSPS) is 19.9. The lowest BCUT2D eigenvalue weighted by atomic mass is 10.2. The fraction of sp³-hybridized carbons (Fsp3) is 0.500. The first-order chi connectivity index (χ1) is 9.29. The number of sulfone groups is 1. The third kappa shape index (κ3) is 3.42. The van der Waals surface area contributed by atoms with Gasteiger partial charge in [0.05, 0.1) is 0 Å². The third-order valence-electron chi connectivity index (χ3n) is 3.10. The monoisotopic (exact) mass is 331 g/mol. The van der Waals surface area contributed by atoms with Crippen molar-refractivity contribution in [3.63, 3.8) is 0 Å². The first kappa shape index (κ1) is 15.5. The Morgan fingerprint density at radius 3 is 2.85 bits per heavy atom. The Labute approximate surface area is 128 Å². The molecule has 0 amide bonds. The van der Waals surface area contributed by atoms with E-state index in [0.717, 1.165) is 11.4 Å². The summed E-state index contributed by atoms with van der Waals surface area (Å²) in [7, 11) is -3.17. The van der Waals surface area contributed by atoms with Crippen LogP contribution < -0.4 is 10.6 Å². The number of aromatic nitrogens is 1. The van der Waals surface area contributed by atoms with Gasteiger partial charge in [-0.15, -0.1) is 0 Å². The van der Waals surface area contributed by atoms with Gasteiger partial charge in [0.15, 0.2) is 9.84 Å². The summed E-state index contributed by atoms with van der Waals surface area (Å²) in [5.74, 6) is 2.06. The van der Waals surface area contributed by atoms with Gasteiger partial charge in [-0.3, -0.25) is 0 Å². The van der Waals surface area contributed by atoms with E-state index < -0.39 is 15.2 Å². The van der Waals surface area contributed by atoms with Crippen molar-refractivity contribution in [2.24, 2.45) is 5.73 Å². The second-order valence-corrected chi connectivity index (χ2v) is 8.57. The molecule has 1 fully saturated rings. The van der Waals surface area contributed by atoms with Crippen LogP contribution in [-0.2, 0) is 9.84 Å². The first-order valence-corrected chi connectivity index (χ1v) is 9.62. The molecule has 0 saturated carbocycles. The van der Waals surface area contributed by atoms with Gasteiger partial charge in [0.2, 0.25) is 0 Å². The highest BCUT2D eigenvalue weighted by Crippen LogP contribution is 2.26. The summed E-state index contributed by atoms with van der Waals surface area (Å²) in [4.78, 5) is 6.57. The van der Waals surface area contributed by atoms with Crippen LogP contribution in [0.3, 0.4) is 0 Å². The fourth-order valence-electron chi connectivity index (χ4n) is 2.14. The van der Waals surface area contributed by atoms with Crippen LogP contribution in [-0.4, -0.2) is 48.1 Å². The van der Waals surface area contributed by atoms with E-state index in [1.165, 1.54) is 6.26 Å². The number of nitrogens with zero attached hydrogens (tertiary/aromatic N) is 2. The summed E-state index contributed by atoms with van der Waals surface area (Å²) < 4.78 is 23.9. The molecule has 1 aliphatic rings. The van der Waals surface area contributed by atoms with Crippen LogP contribution in [0, 0.1) is 6.92 Å². The predicted octanol–water partition coefficient (Wildman–Crippen LogP) is 0.948. The second-order valence-electron chi connectivity index (χ2n) is 4.77. The highest BCUT2D eigenvalue weighted by molar-refractivity contribution is 8.01. The molecule has 1 aliphatic heterocycles. The molecule has 0 radical (unpaired) electrons. The second kappa shape index (κ2) is 5.87. The molecule has 1 aromatic rings. The van der Waals surface area contributed by atoms with E-state index in [9.17, 15) is 8.42 Å². The van der Waals surface area contributed by atoms with Gasteiger partial charge in [0.1, 0.15) is 16.2 Å². The van der Waals surface area contributed by atoms with Gasteiger partial charge in [-0.05, 0) is 19.1 Å². The number of hydrogen-bond donors (Lipinski definition) is 1. The van der Waals surface area contributed by atoms with Crippen LogP contribution in [0.25, 0.3) is 0 Å². The molecule has 2 heterocycles. The molecule has 1 saturated heterocycles. The van der Waals surface area contributed by atoms with Crippen LogP contribution in [0.2, 0.25) is 0 Å². The van der Waals surface area contributed by atoms with Crippen molar-refractivity contribution < 1.29 is 8.42 Å². The lowest BCUT2D eigenvalue weighted by Gasteiger charge is -2.35. The van der Waals surface area contributed by atoms with E-state index >= 15 is 0 Å². The molecule has 5 nitrogen and oxygen atoms in total. The van der Waals surface area contributed by atoms with Crippen LogP contribution >= 0.6 is 24.0 Å². The van der Waals surface area contributed by atoms with Gasteiger partial charge in [-0.2, -0.15) is 11.8 Å². The summed E-state index contributed by atoms with van der Waals surface area (Å²) >= 11 is 6.64. The van der Waals surface area contributed by atoms with E-state index in [1.54, 1.807) is 23.9 Å². The quantitative estimate of drug-likeness (QED) is 0.826. The van der Waals surface area contributed by atoms with Crippen molar-refractivity contribution in [2.45, 2.75) is 12.3 Å². The van der Waals surface area contributed by atoms with Gasteiger partial charge in [0.25, 0.3) is 0 Å². The predicted molar refractivity (Wildman–Crippen MR) is 88.2 cm³/mol. The summed E-state index contributed by atoms with van der Waals surface area (Å²) in [5.41, 5.74) is 7.15. The van der Waals surface area contributed by atoms with Gasteiger partial charge < -0.3 is 10.6 Å². The molecular formula is C12H17N3O2S3. The number of rotatable bonds is 3. The largest absolute Gasteiger partial charge is 0.389 e. The highest BCUT2D eigenvalue weighted by atomic mass is 32.2. The van der Waals surface area contributed by atoms with E-state index in [-0.39, 0.29) is 0 Å². The molecule has 1 atom stereocenters. The Bertz CT molecular complexity index is 631. The molecule has 110 valence electrons. The molecule has 0 spiro atoms. The number of nitrogens with two attached hydrogens (primary N) is 1. The van der Waals surface area contributed by atoms with E-state index in [4.69, 9.17) is 18.0 Å². The number of anilines is 1. The van der Waals surface area contributed by atoms with Gasteiger partial charge >= 0.3 is 0 Å². The summed E-state index contributed by atoms with van der Waals surface area (Å²) in [6.07, 6.45) is 1.26. The minimum absolute atomic E-state index is 0.291. The Kier molecular flexibility index (Phi) is 4.55. The van der Waals surface area contributed by atoms with Crippen LogP contribution in [0.15, 0.2) is 12.1 Å². The number of pyridine rings is 1. The van der Waals surface area contributed by atoms with Crippen molar-refractivity contribution in [3.8, 4) is 0 Å². The highest BCUT2D eigenvalue weighted by Gasteiger charge is 2.32. The molecule has 20 heavy (non-hydrogen) atoms. The standard InChI is InChI=1S/C12H17N3O2S3/c1-8-5-9(12(13)18)6-10(14-8)15-3-4-19-7-11(15)20(2,16)17/h5-6,11H,3-4,7H2,1-2H3,(H2,13,18). The zero-order valence-electron chi connectivity index (χ0n) is 11.4. The smallest absolute Gasteiger partial charge is 0.169 e. The van der Waals surface area contributed by atoms with Gasteiger partial charge in [-0.1, -0.05) is 12.2 Å². The molecule has 8 heteroatoms. The lowest BCUT2D eigenvalue weighted by Crippen LogP contribution is -2.47. The summed E-state index contributed by atoms with van der Waals surface area (Å²) in [6.45, 7) is 2.50. The van der Waals surface area contributed by atoms with E-state index in [2.05, 4.69) is 4.98 Å². The Morgan fingerprint density at radius 1 is 1.55 bits per heavy atom. The van der Waals surface area contributed by atoms with Crippen molar-refractivity contribution in [2.75, 3.05) is 29.2 Å². The maximum atomic E-state index is 11.9. The topological polar surface area (TPSA) is 76.3 Å². The maximum absolute atomic E-state index is 11.9. The average molecular weight is 331 g/mol. The van der Waals surface area contributed by atoms with E-state index in [1.807, 2.05) is 11.8 Å². The minimum atomic E-state index is -3.17. The Morgan fingerprint density at radius 2 is 2.25 bits per heavy atom. The summed E-state index contributed by atoms with van der Waals surface area (Å²) in [5, 5.41) is -0.547. The summed E-state index contributed by atoms with van der Waals surface area (Å²) in [6, 6.07) is 3.57. The number of hydrogen-bond acceptors (Lipinski definition) is 6. The van der Waals surface area contributed by atoms with Crippen LogP contribution in [0.5, 0.6) is 0 Å². The molecule has 0 aliphatic carbocycles. The molecule has 2 N–H and O–H groups in total. The molecule has 1 unspecified atom stereocenters. The van der Waals surface area contributed by atoms with Crippen molar-refractivity contribution in [3.05, 3.63) is 23.4 Å². The number of thioether (sulfide) groups is 1.